The van der Waals surface area contributed by atoms with Gasteiger partial charge in [0, 0.05) is 13.1 Å². The van der Waals surface area contributed by atoms with E-state index in [9.17, 15) is 0 Å². The van der Waals surface area contributed by atoms with E-state index in [1.54, 1.807) is 0 Å². The fraction of sp³-hybridized carbons (Fsp3) is 0.500. The molecule has 2 N–H and O–H groups in total. The number of hydrogen-bond donors (Lipinski definition) is 1. The number of nitrogens with zero attached hydrogens (tertiary/aromatic N) is 3. The summed E-state index contributed by atoms with van der Waals surface area (Å²) in [6.07, 6.45) is 0. The Hall–Kier alpha value is -1.10. The summed E-state index contributed by atoms with van der Waals surface area (Å²) in [6.45, 7) is 8.10. The van der Waals surface area contributed by atoms with Crippen molar-refractivity contribution in [3.8, 4) is 0 Å². The van der Waals surface area contributed by atoms with Crippen LogP contribution >= 0.6 is 11.7 Å². The monoisotopic (exact) mass is 198 g/mol. The van der Waals surface area contributed by atoms with Gasteiger partial charge in [-0.15, -0.1) is 0 Å². The van der Waals surface area contributed by atoms with E-state index in [0.29, 0.717) is 17.6 Å². The molecule has 4 nitrogen and oxygen atoms in total. The fourth-order valence-electron chi connectivity index (χ4n) is 0.874. The third kappa shape index (κ3) is 1.98. The summed E-state index contributed by atoms with van der Waals surface area (Å²) in [5, 5.41) is 0. The molecule has 0 unspecified atom stereocenters. The number of aromatic nitrogens is 2. The maximum atomic E-state index is 5.63. The molecule has 0 aliphatic heterocycles. The van der Waals surface area contributed by atoms with Gasteiger partial charge in [0.25, 0.3) is 0 Å². The molecule has 0 spiro atoms. The second-order valence-electron chi connectivity index (χ2n) is 3.15. The van der Waals surface area contributed by atoms with E-state index in [-0.39, 0.29) is 0 Å². The molecule has 0 fully saturated rings. The lowest BCUT2D eigenvalue weighted by Crippen LogP contribution is -2.24. The van der Waals surface area contributed by atoms with E-state index in [1.165, 1.54) is 0 Å². The highest BCUT2D eigenvalue weighted by Crippen LogP contribution is 2.21. The van der Waals surface area contributed by atoms with Gasteiger partial charge in [0.05, 0.1) is 17.4 Å². The van der Waals surface area contributed by atoms with Gasteiger partial charge in [-0.2, -0.15) is 8.75 Å². The summed E-state index contributed by atoms with van der Waals surface area (Å²) in [6, 6.07) is 0.383. The van der Waals surface area contributed by atoms with Crippen LogP contribution in [0.3, 0.4) is 0 Å². The smallest absolute Gasteiger partial charge is 0.167 e. The molecule has 0 saturated heterocycles. The number of rotatable bonds is 3. The topological polar surface area (TPSA) is 55.0 Å². The summed E-state index contributed by atoms with van der Waals surface area (Å²) in [4.78, 5) is 2.02. The molecule has 1 aromatic heterocycles. The molecule has 1 rings (SSSR count). The Morgan fingerprint density at radius 3 is 2.54 bits per heavy atom. The van der Waals surface area contributed by atoms with Gasteiger partial charge >= 0.3 is 0 Å². The van der Waals surface area contributed by atoms with Crippen LogP contribution in [0.4, 0.5) is 5.82 Å². The normalized spacial score (nSPS) is 10.5. The zero-order chi connectivity index (χ0) is 10.0. The number of anilines is 1. The molecule has 13 heavy (non-hydrogen) atoms. The maximum absolute atomic E-state index is 5.63. The van der Waals surface area contributed by atoms with E-state index in [1.807, 2.05) is 11.9 Å². The van der Waals surface area contributed by atoms with Crippen molar-refractivity contribution in [2.75, 3.05) is 12.8 Å². The number of nitrogens with two attached hydrogens (primary N) is 1. The Balaban J connectivity index is 2.86. The summed E-state index contributed by atoms with van der Waals surface area (Å²) in [7, 11) is 1.96. The van der Waals surface area contributed by atoms with E-state index >= 15 is 0 Å². The van der Waals surface area contributed by atoms with Gasteiger partial charge in [-0.05, 0) is 13.8 Å². The highest BCUT2D eigenvalue weighted by molar-refractivity contribution is 6.99. The van der Waals surface area contributed by atoms with Crippen molar-refractivity contribution in [3.05, 3.63) is 12.3 Å². The molecular weight excluding hydrogens is 184 g/mol. The molecule has 0 saturated carbocycles. The van der Waals surface area contributed by atoms with Gasteiger partial charge in [-0.3, -0.25) is 0 Å². The van der Waals surface area contributed by atoms with Crippen LogP contribution in [0, 0.1) is 0 Å². The fourth-order valence-corrected chi connectivity index (χ4v) is 1.37. The molecule has 1 heterocycles. The third-order valence-corrected chi connectivity index (χ3v) is 2.53. The zero-order valence-corrected chi connectivity index (χ0v) is 8.93. The first-order chi connectivity index (χ1) is 6.04. The molecule has 0 atom stereocenters. The van der Waals surface area contributed by atoms with E-state index in [2.05, 4.69) is 29.2 Å². The van der Waals surface area contributed by atoms with Crippen LogP contribution in [0.1, 0.15) is 19.5 Å². The second-order valence-corrected chi connectivity index (χ2v) is 3.68. The molecule has 0 radical (unpaired) electrons. The van der Waals surface area contributed by atoms with Crippen molar-refractivity contribution >= 4 is 23.2 Å². The highest BCUT2D eigenvalue weighted by atomic mass is 32.1. The molecule has 0 amide bonds. The molecule has 0 aromatic carbocycles. The largest absolute Gasteiger partial charge is 0.381 e. The van der Waals surface area contributed by atoms with Crippen molar-refractivity contribution in [2.24, 2.45) is 0 Å². The van der Waals surface area contributed by atoms with Gasteiger partial charge in [-0.25, -0.2) is 0 Å². The molecule has 0 aliphatic rings. The lowest BCUT2D eigenvalue weighted by atomic mass is 10.2. The van der Waals surface area contributed by atoms with Crippen molar-refractivity contribution < 1.29 is 0 Å². The first kappa shape index (κ1) is 9.98. The van der Waals surface area contributed by atoms with Crippen LogP contribution in [0.25, 0.3) is 5.70 Å². The van der Waals surface area contributed by atoms with Gasteiger partial charge < -0.3 is 10.6 Å². The number of nitrogen functional groups attached to an aromatic ring is 1. The summed E-state index contributed by atoms with van der Waals surface area (Å²) < 4.78 is 7.98. The van der Waals surface area contributed by atoms with Gasteiger partial charge in [0.2, 0.25) is 0 Å². The van der Waals surface area contributed by atoms with Gasteiger partial charge in [0.15, 0.2) is 5.82 Å². The number of hydrogen-bond acceptors (Lipinski definition) is 5. The Labute approximate surface area is 82.4 Å². The third-order valence-electron chi connectivity index (χ3n) is 1.99. The van der Waals surface area contributed by atoms with Crippen LogP contribution < -0.4 is 5.73 Å². The first-order valence-electron chi connectivity index (χ1n) is 4.04. The van der Waals surface area contributed by atoms with E-state index in [4.69, 9.17) is 5.73 Å². The van der Waals surface area contributed by atoms with Crippen LogP contribution in [-0.4, -0.2) is 26.7 Å². The lowest BCUT2D eigenvalue weighted by Gasteiger charge is -2.24. The van der Waals surface area contributed by atoms with Gasteiger partial charge in [-0.1, -0.05) is 6.58 Å². The minimum absolute atomic E-state index is 0.383. The molecule has 72 valence electrons. The SMILES string of the molecule is C=C(c1nsnc1N)N(C)C(C)C. The Morgan fingerprint density at radius 2 is 2.15 bits per heavy atom. The summed E-state index contributed by atoms with van der Waals surface area (Å²) in [5.41, 5.74) is 7.14. The quantitative estimate of drug-likeness (QED) is 0.798. The molecule has 5 heteroatoms. The molecule has 0 bridgehead atoms. The first-order valence-corrected chi connectivity index (χ1v) is 4.77. The maximum Gasteiger partial charge on any atom is 0.167 e. The predicted molar refractivity (Wildman–Crippen MR) is 56.3 cm³/mol. The average Bonchev–Trinajstić information content (AvgIpc) is 2.48. The Morgan fingerprint density at radius 1 is 1.54 bits per heavy atom. The van der Waals surface area contributed by atoms with Crippen LogP contribution in [-0.2, 0) is 0 Å². The zero-order valence-electron chi connectivity index (χ0n) is 8.11. The van der Waals surface area contributed by atoms with Crippen LogP contribution in [0.5, 0.6) is 0 Å². The highest BCUT2D eigenvalue weighted by Gasteiger charge is 2.13. The van der Waals surface area contributed by atoms with Crippen molar-refractivity contribution in [1.82, 2.24) is 13.6 Å². The minimum Gasteiger partial charge on any atom is -0.381 e. The predicted octanol–water partition coefficient (Wildman–Crippen LogP) is 1.43. The average molecular weight is 198 g/mol. The Bertz CT molecular complexity index is 305. The summed E-state index contributed by atoms with van der Waals surface area (Å²) in [5.74, 6) is 0.461. The van der Waals surface area contributed by atoms with E-state index in [0.717, 1.165) is 17.4 Å². The van der Waals surface area contributed by atoms with Crippen LogP contribution in [0.2, 0.25) is 0 Å². The van der Waals surface area contributed by atoms with E-state index < -0.39 is 0 Å². The standard InChI is InChI=1S/C8H14N4S/c1-5(2)12(4)6(3)7-8(9)11-13-10-7/h5H,3H2,1-2,4H3,(H2,9,11). The lowest BCUT2D eigenvalue weighted by molar-refractivity contribution is 0.396. The van der Waals surface area contributed by atoms with Crippen molar-refractivity contribution in [1.29, 1.82) is 0 Å². The summed E-state index contributed by atoms with van der Waals surface area (Å²) >= 11 is 1.11. The molecular formula is C8H14N4S. The Kier molecular flexibility index (Phi) is 2.87. The second kappa shape index (κ2) is 3.74. The van der Waals surface area contributed by atoms with Crippen molar-refractivity contribution in [3.63, 3.8) is 0 Å². The molecule has 1 aromatic rings. The molecule has 0 aliphatic carbocycles. The van der Waals surface area contributed by atoms with Crippen LogP contribution in [0.15, 0.2) is 6.58 Å². The van der Waals surface area contributed by atoms with Crippen molar-refractivity contribution in [2.45, 2.75) is 19.9 Å². The minimum atomic E-state index is 0.383. The van der Waals surface area contributed by atoms with Gasteiger partial charge in [0.1, 0.15) is 5.69 Å².